The van der Waals surface area contributed by atoms with E-state index in [1.807, 2.05) is 0 Å². The molecule has 1 rings (SSSR count). The molecule has 12 heavy (non-hydrogen) atoms. The monoisotopic (exact) mass is 174 g/mol. The van der Waals surface area contributed by atoms with Crippen molar-refractivity contribution in [1.29, 1.82) is 0 Å². The van der Waals surface area contributed by atoms with E-state index in [2.05, 4.69) is 4.89 Å². The van der Waals surface area contributed by atoms with E-state index in [9.17, 15) is 0 Å². The van der Waals surface area contributed by atoms with Crippen LogP contribution in [0.25, 0.3) is 0 Å². The van der Waals surface area contributed by atoms with Crippen LogP contribution in [0.1, 0.15) is 59.3 Å². The molecule has 0 radical (unpaired) electrons. The molecule has 1 N–H and O–H groups in total. The van der Waals surface area contributed by atoms with Crippen LogP contribution < -0.4 is 0 Å². The molecule has 0 spiro atoms. The fraction of sp³-hybridized carbons (Fsp3) is 1.00. The van der Waals surface area contributed by atoms with E-state index in [-0.39, 0.29) is 0 Å². The van der Waals surface area contributed by atoms with Gasteiger partial charge in [0, 0.05) is 0 Å². The second-order valence-corrected chi connectivity index (χ2v) is 4.32. The Morgan fingerprint density at radius 3 is 1.08 bits per heavy atom. The topological polar surface area (TPSA) is 29.5 Å². The second-order valence-electron chi connectivity index (χ2n) is 4.32. The van der Waals surface area contributed by atoms with E-state index < -0.39 is 5.60 Å². The van der Waals surface area contributed by atoms with Crippen LogP contribution in [-0.4, -0.2) is 10.9 Å². The van der Waals surface area contributed by atoms with Gasteiger partial charge < -0.3 is 0 Å². The summed E-state index contributed by atoms with van der Waals surface area (Å²) in [5.41, 5.74) is -0.403. The largest absolute Gasteiger partial charge is 0.251 e. The van der Waals surface area contributed by atoms with Crippen LogP contribution in [0.15, 0.2) is 0 Å². The molecular formula is C10H22O2. The molecular weight excluding hydrogens is 152 g/mol. The first-order valence-corrected chi connectivity index (χ1v) is 4.89. The van der Waals surface area contributed by atoms with Gasteiger partial charge in [0.1, 0.15) is 0 Å². The fourth-order valence-corrected chi connectivity index (χ4v) is 1.06. The molecule has 1 aliphatic carbocycles. The van der Waals surface area contributed by atoms with Crippen molar-refractivity contribution >= 4 is 0 Å². The normalized spacial score (nSPS) is 18.0. The van der Waals surface area contributed by atoms with E-state index in [0.29, 0.717) is 0 Å². The molecule has 1 fully saturated rings. The van der Waals surface area contributed by atoms with Crippen LogP contribution >= 0.6 is 0 Å². The Bertz CT molecular complexity index is 79.0. The van der Waals surface area contributed by atoms with E-state index in [4.69, 9.17) is 5.26 Å². The summed E-state index contributed by atoms with van der Waals surface area (Å²) in [6.07, 6.45) is 9.00. The zero-order valence-corrected chi connectivity index (χ0v) is 8.60. The Hall–Kier alpha value is -0.0800. The Morgan fingerprint density at radius 2 is 1.00 bits per heavy atom. The summed E-state index contributed by atoms with van der Waals surface area (Å²) in [5, 5.41) is 7.90. The van der Waals surface area contributed by atoms with Gasteiger partial charge in [-0.1, -0.05) is 38.5 Å². The standard InChI is InChI=1S/C6H12.C4H10O2/c1-2-4-6-5-3-1;1-4(2,3)6-5/h1-6H2;5H,1-3H3. The van der Waals surface area contributed by atoms with Gasteiger partial charge in [-0.05, 0) is 20.8 Å². The molecule has 1 saturated carbocycles. The Labute approximate surface area is 75.9 Å². The van der Waals surface area contributed by atoms with Gasteiger partial charge in [0.05, 0.1) is 5.60 Å². The first kappa shape index (κ1) is 11.9. The lowest BCUT2D eigenvalue weighted by Gasteiger charge is -2.10. The van der Waals surface area contributed by atoms with Crippen LogP contribution in [0.4, 0.5) is 0 Å². The summed E-state index contributed by atoms with van der Waals surface area (Å²) in [5.74, 6) is 0. The van der Waals surface area contributed by atoms with E-state index >= 15 is 0 Å². The van der Waals surface area contributed by atoms with Gasteiger partial charge in [-0.15, -0.1) is 0 Å². The highest BCUT2D eigenvalue weighted by molar-refractivity contribution is 4.53. The van der Waals surface area contributed by atoms with Crippen molar-refractivity contribution in [1.82, 2.24) is 0 Å². The maximum absolute atomic E-state index is 7.90. The Balaban J connectivity index is 0.000000202. The number of rotatable bonds is 0. The lowest BCUT2D eigenvalue weighted by molar-refractivity contribution is -0.306. The van der Waals surface area contributed by atoms with Gasteiger partial charge in [0.25, 0.3) is 0 Å². The maximum atomic E-state index is 7.90. The molecule has 0 unspecified atom stereocenters. The highest BCUT2D eigenvalue weighted by Crippen LogP contribution is 2.15. The van der Waals surface area contributed by atoms with Crippen molar-refractivity contribution in [2.24, 2.45) is 0 Å². The maximum Gasteiger partial charge on any atom is 0.0949 e. The lowest BCUT2D eigenvalue weighted by Crippen LogP contribution is -2.15. The first-order valence-electron chi connectivity index (χ1n) is 4.89. The fourth-order valence-electron chi connectivity index (χ4n) is 1.06. The summed E-state index contributed by atoms with van der Waals surface area (Å²) >= 11 is 0. The predicted molar refractivity (Wildman–Crippen MR) is 51.2 cm³/mol. The molecule has 0 aromatic rings. The minimum absolute atomic E-state index is 0.403. The molecule has 2 nitrogen and oxygen atoms in total. The molecule has 0 heterocycles. The van der Waals surface area contributed by atoms with Crippen molar-refractivity contribution < 1.29 is 10.1 Å². The SMILES string of the molecule is C1CCCCC1.CC(C)(C)OO. The summed E-state index contributed by atoms with van der Waals surface area (Å²) in [7, 11) is 0. The van der Waals surface area contributed by atoms with Crippen molar-refractivity contribution in [2.45, 2.75) is 64.9 Å². The van der Waals surface area contributed by atoms with Crippen LogP contribution in [0, 0.1) is 0 Å². The highest BCUT2D eigenvalue weighted by atomic mass is 17.1. The molecule has 0 aromatic carbocycles. The third-order valence-corrected chi connectivity index (χ3v) is 1.77. The van der Waals surface area contributed by atoms with Crippen LogP contribution in [-0.2, 0) is 4.89 Å². The molecule has 2 heteroatoms. The molecule has 74 valence electrons. The average molecular weight is 174 g/mol. The molecule has 0 aliphatic heterocycles. The van der Waals surface area contributed by atoms with Crippen molar-refractivity contribution in [3.63, 3.8) is 0 Å². The van der Waals surface area contributed by atoms with Gasteiger partial charge in [-0.3, -0.25) is 5.26 Å². The summed E-state index contributed by atoms with van der Waals surface area (Å²) in [4.78, 5) is 3.94. The smallest absolute Gasteiger partial charge is 0.0949 e. The van der Waals surface area contributed by atoms with Crippen molar-refractivity contribution in [3.05, 3.63) is 0 Å². The van der Waals surface area contributed by atoms with E-state index in [0.717, 1.165) is 0 Å². The molecule has 0 aromatic heterocycles. The van der Waals surface area contributed by atoms with Gasteiger partial charge in [-0.2, -0.15) is 0 Å². The molecule has 1 aliphatic rings. The van der Waals surface area contributed by atoms with Crippen molar-refractivity contribution in [2.75, 3.05) is 0 Å². The van der Waals surface area contributed by atoms with E-state index in [1.54, 1.807) is 20.8 Å². The summed E-state index contributed by atoms with van der Waals surface area (Å²) < 4.78 is 0. The Morgan fingerprint density at radius 1 is 0.833 bits per heavy atom. The van der Waals surface area contributed by atoms with Gasteiger partial charge in [0.15, 0.2) is 0 Å². The predicted octanol–water partition coefficient (Wildman–Crippen LogP) is 3.62. The third kappa shape index (κ3) is 9.92. The number of hydrogen-bond acceptors (Lipinski definition) is 2. The summed E-state index contributed by atoms with van der Waals surface area (Å²) in [6.45, 7) is 5.31. The second kappa shape index (κ2) is 6.44. The first-order chi connectivity index (χ1) is 5.56. The average Bonchev–Trinajstić information content (AvgIpc) is 2.07. The van der Waals surface area contributed by atoms with Crippen LogP contribution in [0.3, 0.4) is 0 Å². The lowest BCUT2D eigenvalue weighted by atomic mass is 10.0. The van der Waals surface area contributed by atoms with Gasteiger partial charge >= 0.3 is 0 Å². The summed E-state index contributed by atoms with van der Waals surface area (Å²) in [6, 6.07) is 0. The van der Waals surface area contributed by atoms with E-state index in [1.165, 1.54) is 38.5 Å². The minimum Gasteiger partial charge on any atom is -0.251 e. The zero-order chi connectivity index (χ0) is 9.45. The third-order valence-electron chi connectivity index (χ3n) is 1.77. The van der Waals surface area contributed by atoms with Gasteiger partial charge in [0.2, 0.25) is 0 Å². The molecule has 0 saturated heterocycles. The molecule has 0 atom stereocenters. The van der Waals surface area contributed by atoms with Crippen LogP contribution in [0.2, 0.25) is 0 Å². The molecule has 0 amide bonds. The number of hydrogen-bond donors (Lipinski definition) is 1. The highest BCUT2D eigenvalue weighted by Gasteiger charge is 2.06. The van der Waals surface area contributed by atoms with Crippen molar-refractivity contribution in [3.8, 4) is 0 Å². The zero-order valence-electron chi connectivity index (χ0n) is 8.60. The minimum atomic E-state index is -0.403. The Kier molecular flexibility index (Phi) is 6.39. The molecule has 0 bridgehead atoms. The van der Waals surface area contributed by atoms with Crippen LogP contribution in [0.5, 0.6) is 0 Å². The quantitative estimate of drug-likeness (QED) is 0.449. The van der Waals surface area contributed by atoms with Gasteiger partial charge in [-0.25, -0.2) is 4.89 Å².